The minimum atomic E-state index is -0.1000. The van der Waals surface area contributed by atoms with Crippen LogP contribution < -0.4 is 10.6 Å². The number of rotatable bonds is 3. The number of nitrogens with zero attached hydrogens (tertiary/aromatic N) is 1. The number of aromatic amines is 1. The van der Waals surface area contributed by atoms with Crippen LogP contribution in [-0.2, 0) is 0 Å². The number of carbonyl (C=O) groups excluding carboxylic acids is 1. The molecule has 1 aliphatic heterocycles. The van der Waals surface area contributed by atoms with Crippen LogP contribution >= 0.6 is 0 Å². The Morgan fingerprint density at radius 2 is 2.15 bits per heavy atom. The number of aromatic nitrogens is 2. The van der Waals surface area contributed by atoms with Crippen LogP contribution in [0.25, 0.3) is 0 Å². The van der Waals surface area contributed by atoms with Gasteiger partial charge in [0.05, 0.1) is 17.6 Å². The highest BCUT2D eigenvalue weighted by molar-refractivity contribution is 6.04. The van der Waals surface area contributed by atoms with Crippen molar-refractivity contribution in [1.82, 2.24) is 15.5 Å². The highest BCUT2D eigenvalue weighted by atomic mass is 16.1. The molecule has 1 atom stereocenters. The number of anilines is 1. The fourth-order valence-corrected chi connectivity index (χ4v) is 2.59. The molecule has 1 saturated heterocycles. The highest BCUT2D eigenvalue weighted by Crippen LogP contribution is 2.27. The minimum Gasteiger partial charge on any atom is -0.319 e. The maximum absolute atomic E-state index is 12.2. The Kier molecular flexibility index (Phi) is 3.78. The van der Waals surface area contributed by atoms with Crippen molar-refractivity contribution in [2.45, 2.75) is 18.8 Å². The lowest BCUT2D eigenvalue weighted by Gasteiger charge is -2.22. The van der Waals surface area contributed by atoms with Crippen LogP contribution in [0.3, 0.4) is 0 Å². The number of nitrogens with one attached hydrogen (secondary N) is 3. The molecule has 1 fully saturated rings. The Labute approximate surface area is 117 Å². The molecular formula is C15H18N4O. The summed E-state index contributed by atoms with van der Waals surface area (Å²) in [6, 6.07) is 9.22. The van der Waals surface area contributed by atoms with Crippen molar-refractivity contribution in [3.05, 3.63) is 47.8 Å². The van der Waals surface area contributed by atoms with Crippen LogP contribution in [0.5, 0.6) is 0 Å². The second-order valence-electron chi connectivity index (χ2n) is 5.06. The molecule has 0 aliphatic carbocycles. The quantitative estimate of drug-likeness (QED) is 0.800. The van der Waals surface area contributed by atoms with E-state index in [-0.39, 0.29) is 5.91 Å². The number of H-pyrrole nitrogens is 1. The van der Waals surface area contributed by atoms with E-state index in [9.17, 15) is 4.79 Å². The standard InChI is InChI=1S/C15H18N4O/c20-15(11-5-2-1-3-6-11)18-13-10-17-19-14(13)12-7-4-8-16-9-12/h1-3,5-6,10,12,16H,4,7-9H2,(H,17,19)(H,18,20)/t12-/m0/s1. The summed E-state index contributed by atoms with van der Waals surface area (Å²) < 4.78 is 0. The summed E-state index contributed by atoms with van der Waals surface area (Å²) in [5.41, 5.74) is 2.45. The molecule has 0 spiro atoms. The second kappa shape index (κ2) is 5.88. The van der Waals surface area contributed by atoms with Gasteiger partial charge in [0, 0.05) is 18.0 Å². The van der Waals surface area contributed by atoms with Gasteiger partial charge in [-0.1, -0.05) is 18.2 Å². The maximum atomic E-state index is 12.2. The fraction of sp³-hybridized carbons (Fsp3) is 0.333. The lowest BCUT2D eigenvalue weighted by molar-refractivity contribution is 0.102. The van der Waals surface area contributed by atoms with Crippen LogP contribution in [-0.4, -0.2) is 29.2 Å². The first kappa shape index (κ1) is 12.9. The third kappa shape index (κ3) is 2.72. The van der Waals surface area contributed by atoms with E-state index in [0.29, 0.717) is 11.5 Å². The molecular weight excluding hydrogens is 252 g/mol. The first-order chi connectivity index (χ1) is 9.84. The Morgan fingerprint density at radius 3 is 2.90 bits per heavy atom. The van der Waals surface area contributed by atoms with Gasteiger partial charge in [-0.3, -0.25) is 9.89 Å². The first-order valence-electron chi connectivity index (χ1n) is 6.95. The summed E-state index contributed by atoms with van der Waals surface area (Å²) in [5, 5.41) is 13.4. The molecule has 0 bridgehead atoms. The first-order valence-corrected chi connectivity index (χ1v) is 6.95. The van der Waals surface area contributed by atoms with Gasteiger partial charge in [0.1, 0.15) is 0 Å². The summed E-state index contributed by atoms with van der Waals surface area (Å²) in [6.45, 7) is 1.99. The second-order valence-corrected chi connectivity index (χ2v) is 5.06. The van der Waals surface area contributed by atoms with Gasteiger partial charge in [-0.2, -0.15) is 5.10 Å². The van der Waals surface area contributed by atoms with Gasteiger partial charge < -0.3 is 10.6 Å². The van der Waals surface area contributed by atoms with Crippen LogP contribution in [0.1, 0.15) is 34.8 Å². The zero-order valence-corrected chi connectivity index (χ0v) is 11.2. The number of amides is 1. The van der Waals surface area contributed by atoms with Crippen molar-refractivity contribution >= 4 is 11.6 Å². The predicted molar refractivity (Wildman–Crippen MR) is 77.8 cm³/mol. The van der Waals surface area contributed by atoms with Crippen molar-refractivity contribution in [3.8, 4) is 0 Å². The summed E-state index contributed by atoms with van der Waals surface area (Å²) in [5.74, 6) is 0.286. The summed E-state index contributed by atoms with van der Waals surface area (Å²) in [7, 11) is 0. The average molecular weight is 270 g/mol. The minimum absolute atomic E-state index is 0.1000. The third-order valence-corrected chi connectivity index (χ3v) is 3.66. The SMILES string of the molecule is O=C(Nc1cn[nH]c1[C@H]1CCCNC1)c1ccccc1. The van der Waals surface area contributed by atoms with Crippen molar-refractivity contribution in [1.29, 1.82) is 0 Å². The van der Waals surface area contributed by atoms with E-state index in [1.54, 1.807) is 18.3 Å². The molecule has 0 radical (unpaired) electrons. The normalized spacial score (nSPS) is 18.7. The molecule has 5 nitrogen and oxygen atoms in total. The van der Waals surface area contributed by atoms with Crippen molar-refractivity contribution in [3.63, 3.8) is 0 Å². The lowest BCUT2D eigenvalue weighted by atomic mass is 9.95. The van der Waals surface area contributed by atoms with Gasteiger partial charge in [-0.05, 0) is 31.5 Å². The fourth-order valence-electron chi connectivity index (χ4n) is 2.59. The zero-order valence-electron chi connectivity index (χ0n) is 11.2. The van der Waals surface area contributed by atoms with Crippen molar-refractivity contribution in [2.24, 2.45) is 0 Å². The van der Waals surface area contributed by atoms with Gasteiger partial charge in [0.2, 0.25) is 0 Å². The summed E-state index contributed by atoms with van der Waals surface area (Å²) in [4.78, 5) is 12.2. The average Bonchev–Trinajstić information content (AvgIpc) is 2.97. The largest absolute Gasteiger partial charge is 0.319 e. The monoisotopic (exact) mass is 270 g/mol. The Bertz CT molecular complexity index is 573. The van der Waals surface area contributed by atoms with Crippen molar-refractivity contribution in [2.75, 3.05) is 18.4 Å². The number of hydrogen-bond donors (Lipinski definition) is 3. The number of carbonyl (C=O) groups is 1. The van der Waals surface area contributed by atoms with E-state index >= 15 is 0 Å². The predicted octanol–water partition coefficient (Wildman–Crippen LogP) is 2.13. The molecule has 104 valence electrons. The Hall–Kier alpha value is -2.14. The van der Waals surface area contributed by atoms with Crippen molar-refractivity contribution < 1.29 is 4.79 Å². The Balaban J connectivity index is 1.75. The van der Waals surface area contributed by atoms with E-state index in [0.717, 1.165) is 37.3 Å². The molecule has 2 heterocycles. The molecule has 1 amide bonds. The van der Waals surface area contributed by atoms with Gasteiger partial charge in [0.15, 0.2) is 0 Å². The highest BCUT2D eigenvalue weighted by Gasteiger charge is 2.21. The van der Waals surface area contributed by atoms with E-state index < -0.39 is 0 Å². The van der Waals surface area contributed by atoms with Gasteiger partial charge in [-0.15, -0.1) is 0 Å². The topological polar surface area (TPSA) is 69.8 Å². The van der Waals surface area contributed by atoms with E-state index in [1.807, 2.05) is 18.2 Å². The zero-order chi connectivity index (χ0) is 13.8. The van der Waals surface area contributed by atoms with E-state index in [2.05, 4.69) is 20.8 Å². The summed E-state index contributed by atoms with van der Waals surface area (Å²) >= 11 is 0. The smallest absolute Gasteiger partial charge is 0.255 e. The molecule has 3 N–H and O–H groups in total. The van der Waals surface area contributed by atoms with Crippen LogP contribution in [0, 0.1) is 0 Å². The third-order valence-electron chi connectivity index (χ3n) is 3.66. The van der Waals surface area contributed by atoms with E-state index in [4.69, 9.17) is 0 Å². The molecule has 1 aromatic carbocycles. The van der Waals surface area contributed by atoms with Gasteiger partial charge >= 0.3 is 0 Å². The molecule has 5 heteroatoms. The molecule has 0 unspecified atom stereocenters. The Morgan fingerprint density at radius 1 is 1.30 bits per heavy atom. The molecule has 3 rings (SSSR count). The van der Waals surface area contributed by atoms with Crippen LogP contribution in [0.15, 0.2) is 36.5 Å². The van der Waals surface area contributed by atoms with Crippen LogP contribution in [0.2, 0.25) is 0 Å². The van der Waals surface area contributed by atoms with Gasteiger partial charge in [0.25, 0.3) is 5.91 Å². The summed E-state index contributed by atoms with van der Waals surface area (Å²) in [6.07, 6.45) is 3.95. The molecule has 2 aromatic rings. The molecule has 1 aromatic heterocycles. The molecule has 1 aliphatic rings. The van der Waals surface area contributed by atoms with E-state index in [1.165, 1.54) is 0 Å². The van der Waals surface area contributed by atoms with Gasteiger partial charge in [-0.25, -0.2) is 0 Å². The molecule has 0 saturated carbocycles. The number of hydrogen-bond acceptors (Lipinski definition) is 3. The number of benzene rings is 1. The lowest BCUT2D eigenvalue weighted by Crippen LogP contribution is -2.29. The molecule has 20 heavy (non-hydrogen) atoms. The van der Waals surface area contributed by atoms with Crippen LogP contribution in [0.4, 0.5) is 5.69 Å². The number of piperidine rings is 1. The maximum Gasteiger partial charge on any atom is 0.255 e.